The molecule has 2 fully saturated rings. The topological polar surface area (TPSA) is 99.1 Å². The molecule has 0 aromatic carbocycles. The number of aliphatic hydroxyl groups is 1. The number of carbonyl (C=O) groups is 3. The van der Waals surface area contributed by atoms with E-state index in [2.05, 4.69) is 0 Å². The zero-order valence-corrected chi connectivity index (χ0v) is 16.1. The van der Waals surface area contributed by atoms with E-state index in [9.17, 15) is 19.5 Å². The zero-order valence-electron chi connectivity index (χ0n) is 16.1. The Morgan fingerprint density at radius 1 is 1.31 bits per heavy atom. The highest BCUT2D eigenvalue weighted by atomic mass is 16.7. The number of hydrogen-bond donors (Lipinski definition) is 1. The summed E-state index contributed by atoms with van der Waals surface area (Å²) in [6.07, 6.45) is 1.08. The van der Waals surface area contributed by atoms with Gasteiger partial charge in [-0.25, -0.2) is 0 Å². The van der Waals surface area contributed by atoms with Gasteiger partial charge in [0.25, 0.3) is 0 Å². The van der Waals surface area contributed by atoms with Gasteiger partial charge in [-0.05, 0) is 47.0 Å². The molecule has 0 aromatic rings. The minimum absolute atomic E-state index is 0.0210. The van der Waals surface area contributed by atoms with Gasteiger partial charge in [-0.2, -0.15) is 0 Å². The Kier molecular flexibility index (Phi) is 6.13. The molecule has 1 heterocycles. The molecule has 7 heteroatoms. The van der Waals surface area contributed by atoms with Crippen molar-refractivity contribution in [2.24, 2.45) is 10.8 Å². The molecule has 0 unspecified atom stereocenters. The third-order valence-electron chi connectivity index (χ3n) is 5.21. The maximum Gasteiger partial charge on any atom is 0.311 e. The average molecular weight is 370 g/mol. The third kappa shape index (κ3) is 4.09. The summed E-state index contributed by atoms with van der Waals surface area (Å²) < 4.78 is 16.0. The Bertz CT molecular complexity index is 565. The van der Waals surface area contributed by atoms with Crippen molar-refractivity contribution in [1.29, 1.82) is 0 Å². The second-order valence-electron chi connectivity index (χ2n) is 8.24. The first-order valence-corrected chi connectivity index (χ1v) is 9.30. The van der Waals surface area contributed by atoms with Crippen molar-refractivity contribution in [3.8, 4) is 0 Å². The molecular weight excluding hydrogens is 340 g/mol. The molecule has 26 heavy (non-hydrogen) atoms. The highest BCUT2D eigenvalue weighted by Crippen LogP contribution is 2.54. The van der Waals surface area contributed by atoms with Crippen molar-refractivity contribution in [3.63, 3.8) is 0 Å². The maximum absolute atomic E-state index is 12.7. The highest BCUT2D eigenvalue weighted by Gasteiger charge is 2.64. The van der Waals surface area contributed by atoms with Crippen LogP contribution in [0.3, 0.4) is 0 Å². The Balaban J connectivity index is 2.10. The summed E-state index contributed by atoms with van der Waals surface area (Å²) in [5, 5.41) is 11.0. The van der Waals surface area contributed by atoms with Gasteiger partial charge in [0.05, 0.1) is 23.5 Å². The molecule has 0 bridgehead atoms. The van der Waals surface area contributed by atoms with Gasteiger partial charge in [0, 0.05) is 19.3 Å². The monoisotopic (exact) mass is 370 g/mol. The van der Waals surface area contributed by atoms with Crippen molar-refractivity contribution < 1.29 is 33.7 Å². The normalized spacial score (nSPS) is 31.4. The summed E-state index contributed by atoms with van der Waals surface area (Å²) >= 11 is 0. The predicted octanol–water partition coefficient (Wildman–Crippen LogP) is 2.14. The summed E-state index contributed by atoms with van der Waals surface area (Å²) in [6.45, 7) is 7.23. The van der Waals surface area contributed by atoms with Crippen LogP contribution in [-0.4, -0.2) is 47.9 Å². The van der Waals surface area contributed by atoms with E-state index in [-0.39, 0.29) is 44.2 Å². The van der Waals surface area contributed by atoms with E-state index in [0.29, 0.717) is 19.3 Å². The Morgan fingerprint density at radius 2 is 2.00 bits per heavy atom. The van der Waals surface area contributed by atoms with Gasteiger partial charge in [0.15, 0.2) is 5.79 Å². The number of Topliss-reactive ketones (excluding diaryl/α,β-unsaturated/α-hetero) is 1. The minimum atomic E-state index is -1.62. The van der Waals surface area contributed by atoms with E-state index in [1.54, 1.807) is 27.7 Å². The van der Waals surface area contributed by atoms with Gasteiger partial charge in [0.1, 0.15) is 12.4 Å². The largest absolute Gasteiger partial charge is 0.466 e. The van der Waals surface area contributed by atoms with Crippen molar-refractivity contribution in [2.75, 3.05) is 13.2 Å². The smallest absolute Gasteiger partial charge is 0.311 e. The Hall–Kier alpha value is -1.47. The number of carbonyl (C=O) groups excluding carboxylic acids is 3. The summed E-state index contributed by atoms with van der Waals surface area (Å²) in [5.41, 5.74) is -1.78. The molecule has 1 aliphatic heterocycles. The molecule has 1 saturated heterocycles. The Labute approximate surface area is 154 Å². The quantitative estimate of drug-likeness (QED) is 0.715. The average Bonchev–Trinajstić information content (AvgIpc) is 2.84. The minimum Gasteiger partial charge on any atom is -0.466 e. The van der Waals surface area contributed by atoms with Crippen LogP contribution in [0.4, 0.5) is 0 Å². The first-order chi connectivity index (χ1) is 12.0. The number of esters is 2. The molecule has 1 N–H and O–H groups in total. The van der Waals surface area contributed by atoms with Crippen LogP contribution >= 0.6 is 0 Å². The predicted molar refractivity (Wildman–Crippen MR) is 92.0 cm³/mol. The lowest BCUT2D eigenvalue weighted by molar-refractivity contribution is -0.251. The lowest BCUT2D eigenvalue weighted by Crippen LogP contribution is -2.53. The van der Waals surface area contributed by atoms with Crippen molar-refractivity contribution in [1.82, 2.24) is 0 Å². The van der Waals surface area contributed by atoms with Crippen LogP contribution < -0.4 is 0 Å². The molecule has 3 atom stereocenters. The molecule has 1 aliphatic carbocycles. The van der Waals surface area contributed by atoms with Crippen molar-refractivity contribution in [3.05, 3.63) is 0 Å². The molecule has 0 amide bonds. The van der Waals surface area contributed by atoms with Crippen molar-refractivity contribution >= 4 is 17.7 Å². The number of ether oxygens (including phenoxy) is 3. The molecule has 0 spiro atoms. The summed E-state index contributed by atoms with van der Waals surface area (Å²) in [4.78, 5) is 36.5. The molecule has 2 aliphatic rings. The fraction of sp³-hybridized carbons (Fsp3) is 0.842. The number of ketones is 1. The number of rotatable bonds is 6. The molecule has 1 saturated carbocycles. The fourth-order valence-electron chi connectivity index (χ4n) is 3.80. The van der Waals surface area contributed by atoms with Crippen LogP contribution in [-0.2, 0) is 28.6 Å². The van der Waals surface area contributed by atoms with E-state index < -0.39 is 28.7 Å². The molecule has 148 valence electrons. The molecular formula is C19H30O7. The summed E-state index contributed by atoms with van der Waals surface area (Å²) in [6, 6.07) is 0. The van der Waals surface area contributed by atoms with Gasteiger partial charge in [-0.15, -0.1) is 0 Å². The van der Waals surface area contributed by atoms with Crippen LogP contribution in [0.25, 0.3) is 0 Å². The standard InChI is InChI=1S/C19H30O7/c1-5-24-15(21)8-10-18-11-13(12-25-16(22)17(2,3)4)26-19(18,23)9-6-7-14(18)20/h13,23H,5-12H2,1-4H3/t13-,18-,19+/m0/s1. The van der Waals surface area contributed by atoms with E-state index in [4.69, 9.17) is 14.2 Å². The van der Waals surface area contributed by atoms with Gasteiger partial charge in [-0.3, -0.25) is 14.4 Å². The van der Waals surface area contributed by atoms with E-state index >= 15 is 0 Å². The van der Waals surface area contributed by atoms with Gasteiger partial charge < -0.3 is 19.3 Å². The number of fused-ring (bicyclic) bond motifs is 1. The van der Waals surface area contributed by atoms with Crippen molar-refractivity contribution in [2.45, 2.75) is 78.1 Å². The van der Waals surface area contributed by atoms with Gasteiger partial charge >= 0.3 is 11.9 Å². The molecule has 0 radical (unpaired) electrons. The Morgan fingerprint density at radius 3 is 2.62 bits per heavy atom. The number of hydrogen-bond acceptors (Lipinski definition) is 7. The SMILES string of the molecule is CCOC(=O)CC[C@@]12C[C@@H](COC(=O)C(C)(C)C)O[C@]1(O)CCCC2=O. The van der Waals surface area contributed by atoms with Gasteiger partial charge in [-0.1, -0.05) is 0 Å². The van der Waals surface area contributed by atoms with E-state index in [1.165, 1.54) is 0 Å². The maximum atomic E-state index is 12.7. The highest BCUT2D eigenvalue weighted by molar-refractivity contribution is 5.87. The van der Waals surface area contributed by atoms with Crippen LogP contribution in [0, 0.1) is 10.8 Å². The van der Waals surface area contributed by atoms with E-state index in [0.717, 1.165) is 0 Å². The fourth-order valence-corrected chi connectivity index (χ4v) is 3.80. The van der Waals surface area contributed by atoms with E-state index in [1.807, 2.05) is 0 Å². The van der Waals surface area contributed by atoms with Crippen LogP contribution in [0.5, 0.6) is 0 Å². The molecule has 0 aromatic heterocycles. The lowest BCUT2D eigenvalue weighted by atomic mass is 9.64. The second-order valence-corrected chi connectivity index (χ2v) is 8.24. The zero-order chi connectivity index (χ0) is 19.6. The van der Waals surface area contributed by atoms with Gasteiger partial charge in [0.2, 0.25) is 0 Å². The molecule has 2 rings (SSSR count). The second kappa shape index (κ2) is 7.64. The van der Waals surface area contributed by atoms with Crippen LogP contribution in [0.2, 0.25) is 0 Å². The summed E-state index contributed by atoms with van der Waals surface area (Å²) in [5.74, 6) is -2.48. The lowest BCUT2D eigenvalue weighted by Gasteiger charge is -2.42. The first-order valence-electron chi connectivity index (χ1n) is 9.30. The molecule has 7 nitrogen and oxygen atoms in total. The first kappa shape index (κ1) is 20.8. The summed E-state index contributed by atoms with van der Waals surface area (Å²) in [7, 11) is 0. The van der Waals surface area contributed by atoms with Crippen LogP contribution in [0.1, 0.15) is 66.2 Å². The third-order valence-corrected chi connectivity index (χ3v) is 5.21. The van der Waals surface area contributed by atoms with Crippen LogP contribution in [0.15, 0.2) is 0 Å².